The SMILES string of the molecule is CNCCC[N+](C)(C)Cc1ccc(C(C)=O)cc1. The number of carbonyl (C=O) groups is 1. The average Bonchev–Trinajstić information content (AvgIpc) is 2.29. The highest BCUT2D eigenvalue weighted by atomic mass is 16.1. The Morgan fingerprint density at radius 2 is 1.83 bits per heavy atom. The van der Waals surface area contributed by atoms with Crippen molar-refractivity contribution in [3.8, 4) is 0 Å². The summed E-state index contributed by atoms with van der Waals surface area (Å²) in [6, 6.07) is 7.97. The van der Waals surface area contributed by atoms with Gasteiger partial charge in [-0.3, -0.25) is 4.79 Å². The Morgan fingerprint density at radius 1 is 1.22 bits per heavy atom. The van der Waals surface area contributed by atoms with Crippen LogP contribution in [0.2, 0.25) is 0 Å². The maximum absolute atomic E-state index is 11.2. The van der Waals surface area contributed by atoms with E-state index in [1.54, 1.807) is 6.92 Å². The molecule has 0 radical (unpaired) electrons. The summed E-state index contributed by atoms with van der Waals surface area (Å²) in [6.07, 6.45) is 1.18. The van der Waals surface area contributed by atoms with Crippen molar-refractivity contribution in [3.05, 3.63) is 35.4 Å². The molecular weight excluding hydrogens is 224 g/mol. The predicted molar refractivity (Wildman–Crippen MR) is 75.7 cm³/mol. The molecule has 3 nitrogen and oxygen atoms in total. The molecule has 1 rings (SSSR count). The molecule has 0 spiro atoms. The monoisotopic (exact) mass is 249 g/mol. The van der Waals surface area contributed by atoms with Crippen LogP contribution >= 0.6 is 0 Å². The van der Waals surface area contributed by atoms with Gasteiger partial charge in [-0.05, 0) is 14.0 Å². The lowest BCUT2D eigenvalue weighted by Crippen LogP contribution is -2.40. The van der Waals surface area contributed by atoms with Crippen molar-refractivity contribution < 1.29 is 9.28 Å². The molecule has 0 saturated carbocycles. The van der Waals surface area contributed by atoms with Gasteiger partial charge in [0.2, 0.25) is 0 Å². The van der Waals surface area contributed by atoms with Crippen LogP contribution in [-0.2, 0) is 6.54 Å². The van der Waals surface area contributed by atoms with E-state index in [0.29, 0.717) is 0 Å². The zero-order valence-electron chi connectivity index (χ0n) is 12.0. The normalized spacial score (nSPS) is 11.6. The molecule has 0 aliphatic heterocycles. The first-order valence-electron chi connectivity index (χ1n) is 6.51. The maximum atomic E-state index is 11.2. The molecule has 0 atom stereocenters. The largest absolute Gasteiger partial charge is 0.325 e. The lowest BCUT2D eigenvalue weighted by Gasteiger charge is -2.30. The van der Waals surface area contributed by atoms with Gasteiger partial charge in [0.15, 0.2) is 5.78 Å². The van der Waals surface area contributed by atoms with Gasteiger partial charge in [0.1, 0.15) is 6.54 Å². The summed E-state index contributed by atoms with van der Waals surface area (Å²) in [5.41, 5.74) is 2.08. The second-order valence-electron chi connectivity index (χ2n) is 5.53. The third kappa shape index (κ3) is 4.98. The quantitative estimate of drug-likeness (QED) is 0.455. The Kier molecular flexibility index (Phi) is 5.51. The highest BCUT2D eigenvalue weighted by Gasteiger charge is 2.15. The van der Waals surface area contributed by atoms with E-state index in [0.717, 1.165) is 29.7 Å². The first-order chi connectivity index (χ1) is 8.44. The summed E-state index contributed by atoms with van der Waals surface area (Å²) in [5.74, 6) is 0.129. The Bertz CT molecular complexity index is 382. The fourth-order valence-electron chi connectivity index (χ4n) is 2.10. The van der Waals surface area contributed by atoms with Gasteiger partial charge < -0.3 is 9.80 Å². The van der Waals surface area contributed by atoms with E-state index in [9.17, 15) is 4.79 Å². The smallest absolute Gasteiger partial charge is 0.159 e. The molecule has 0 aliphatic rings. The van der Waals surface area contributed by atoms with E-state index >= 15 is 0 Å². The number of carbonyl (C=O) groups excluding carboxylic acids is 1. The zero-order valence-corrected chi connectivity index (χ0v) is 12.0. The van der Waals surface area contributed by atoms with Crippen molar-refractivity contribution in [1.29, 1.82) is 0 Å². The van der Waals surface area contributed by atoms with Gasteiger partial charge in [-0.25, -0.2) is 0 Å². The molecule has 0 bridgehead atoms. The van der Waals surface area contributed by atoms with Crippen molar-refractivity contribution >= 4 is 5.78 Å². The van der Waals surface area contributed by atoms with Gasteiger partial charge in [0.25, 0.3) is 0 Å². The number of benzene rings is 1. The number of nitrogens with one attached hydrogen (secondary N) is 1. The number of ketones is 1. The average molecular weight is 249 g/mol. The van der Waals surface area contributed by atoms with Crippen molar-refractivity contribution in [2.45, 2.75) is 19.9 Å². The van der Waals surface area contributed by atoms with Crippen LogP contribution in [0.3, 0.4) is 0 Å². The minimum Gasteiger partial charge on any atom is -0.325 e. The second-order valence-corrected chi connectivity index (χ2v) is 5.53. The van der Waals surface area contributed by atoms with Crippen LogP contribution in [-0.4, -0.2) is 44.5 Å². The number of Topliss-reactive ketones (excluding diaryl/α,β-unsaturated/α-hetero) is 1. The van der Waals surface area contributed by atoms with E-state index < -0.39 is 0 Å². The minimum absolute atomic E-state index is 0.129. The van der Waals surface area contributed by atoms with Crippen LogP contribution in [0, 0.1) is 0 Å². The van der Waals surface area contributed by atoms with Gasteiger partial charge in [0, 0.05) is 24.1 Å². The summed E-state index contributed by atoms with van der Waals surface area (Å²) >= 11 is 0. The number of rotatable bonds is 7. The summed E-state index contributed by atoms with van der Waals surface area (Å²) in [5, 5.41) is 3.18. The van der Waals surface area contributed by atoms with Crippen LogP contribution in [0.15, 0.2) is 24.3 Å². The highest BCUT2D eigenvalue weighted by Crippen LogP contribution is 2.11. The predicted octanol–water partition coefficient (Wildman–Crippen LogP) is 2.08. The third-order valence-electron chi connectivity index (χ3n) is 3.16. The molecule has 0 heterocycles. The summed E-state index contributed by atoms with van der Waals surface area (Å²) in [7, 11) is 6.48. The van der Waals surface area contributed by atoms with Crippen LogP contribution in [0.25, 0.3) is 0 Å². The van der Waals surface area contributed by atoms with Crippen molar-refractivity contribution in [2.75, 3.05) is 34.2 Å². The Labute approximate surface area is 110 Å². The fourth-order valence-corrected chi connectivity index (χ4v) is 2.10. The van der Waals surface area contributed by atoms with Crippen molar-refractivity contribution in [1.82, 2.24) is 5.32 Å². The van der Waals surface area contributed by atoms with Crippen LogP contribution in [0.4, 0.5) is 0 Å². The summed E-state index contributed by atoms with van der Waals surface area (Å²) in [6.45, 7) is 4.81. The topological polar surface area (TPSA) is 29.1 Å². The molecule has 0 aliphatic carbocycles. The first-order valence-corrected chi connectivity index (χ1v) is 6.51. The first kappa shape index (κ1) is 14.9. The van der Waals surface area contributed by atoms with E-state index in [1.165, 1.54) is 12.0 Å². The highest BCUT2D eigenvalue weighted by molar-refractivity contribution is 5.93. The molecular formula is C15H25N2O+. The Morgan fingerprint density at radius 3 is 2.33 bits per heavy atom. The molecule has 1 aromatic carbocycles. The second kappa shape index (κ2) is 6.66. The lowest BCUT2D eigenvalue weighted by atomic mass is 10.1. The molecule has 0 saturated heterocycles. The maximum Gasteiger partial charge on any atom is 0.159 e. The van der Waals surface area contributed by atoms with E-state index in [2.05, 4.69) is 31.5 Å². The molecule has 0 fully saturated rings. The number of hydrogen-bond donors (Lipinski definition) is 1. The van der Waals surface area contributed by atoms with Gasteiger partial charge in [-0.2, -0.15) is 0 Å². The van der Waals surface area contributed by atoms with Gasteiger partial charge in [-0.15, -0.1) is 0 Å². The lowest BCUT2D eigenvalue weighted by molar-refractivity contribution is -0.903. The van der Waals surface area contributed by atoms with E-state index in [-0.39, 0.29) is 5.78 Å². The third-order valence-corrected chi connectivity index (χ3v) is 3.16. The molecule has 3 heteroatoms. The fraction of sp³-hybridized carbons (Fsp3) is 0.533. The Balaban J connectivity index is 2.57. The van der Waals surface area contributed by atoms with E-state index in [4.69, 9.17) is 0 Å². The zero-order chi connectivity index (χ0) is 13.6. The summed E-state index contributed by atoms with van der Waals surface area (Å²) < 4.78 is 0.973. The molecule has 0 aromatic heterocycles. The van der Waals surface area contributed by atoms with Crippen LogP contribution in [0.5, 0.6) is 0 Å². The molecule has 1 aromatic rings. The summed E-state index contributed by atoms with van der Waals surface area (Å²) in [4.78, 5) is 11.2. The number of nitrogens with zero attached hydrogens (tertiary/aromatic N) is 1. The van der Waals surface area contributed by atoms with E-state index in [1.807, 2.05) is 19.2 Å². The molecule has 1 N–H and O–H groups in total. The van der Waals surface area contributed by atoms with Gasteiger partial charge in [-0.1, -0.05) is 24.3 Å². The molecule has 18 heavy (non-hydrogen) atoms. The standard InChI is InChI=1S/C15H25N2O/c1-13(18)15-8-6-14(7-9-15)12-17(3,4)11-5-10-16-2/h6-9,16H,5,10-12H2,1-4H3/q+1. The molecule has 0 amide bonds. The van der Waals surface area contributed by atoms with Gasteiger partial charge >= 0.3 is 0 Å². The van der Waals surface area contributed by atoms with Gasteiger partial charge in [0.05, 0.1) is 20.6 Å². The van der Waals surface area contributed by atoms with Crippen molar-refractivity contribution in [2.24, 2.45) is 0 Å². The molecule has 100 valence electrons. The number of hydrogen-bond acceptors (Lipinski definition) is 2. The van der Waals surface area contributed by atoms with Crippen LogP contribution in [0.1, 0.15) is 29.3 Å². The Hall–Kier alpha value is -1.19. The molecule has 0 unspecified atom stereocenters. The van der Waals surface area contributed by atoms with Crippen molar-refractivity contribution in [3.63, 3.8) is 0 Å². The van der Waals surface area contributed by atoms with Crippen LogP contribution < -0.4 is 5.32 Å². The number of quaternary nitrogens is 1. The minimum atomic E-state index is 0.129.